The lowest BCUT2D eigenvalue weighted by Gasteiger charge is -2.17. The SMILES string of the molecule is O=C(NCCNc1cc(N2CCCC2)cnn1)c1cccc(OC(F)(F)F)c1. The molecule has 0 unspecified atom stereocenters. The van der Waals surface area contributed by atoms with Crippen molar-refractivity contribution in [3.63, 3.8) is 0 Å². The van der Waals surface area contributed by atoms with Crippen LogP contribution in [-0.4, -0.2) is 48.6 Å². The van der Waals surface area contributed by atoms with E-state index < -0.39 is 18.0 Å². The van der Waals surface area contributed by atoms with Crippen LogP contribution in [-0.2, 0) is 0 Å². The van der Waals surface area contributed by atoms with E-state index >= 15 is 0 Å². The summed E-state index contributed by atoms with van der Waals surface area (Å²) in [5, 5.41) is 13.7. The van der Waals surface area contributed by atoms with Crippen LogP contribution in [0.2, 0.25) is 0 Å². The topological polar surface area (TPSA) is 79.4 Å². The number of hydrogen-bond donors (Lipinski definition) is 2. The van der Waals surface area contributed by atoms with Gasteiger partial charge in [-0.15, -0.1) is 18.3 Å². The zero-order chi connectivity index (χ0) is 20.0. The van der Waals surface area contributed by atoms with Crippen LogP contribution in [0, 0.1) is 0 Å². The molecule has 1 amide bonds. The molecule has 0 aliphatic carbocycles. The smallest absolute Gasteiger partial charge is 0.406 e. The summed E-state index contributed by atoms with van der Waals surface area (Å²) in [5.41, 5.74) is 1.08. The van der Waals surface area contributed by atoms with E-state index in [9.17, 15) is 18.0 Å². The van der Waals surface area contributed by atoms with Gasteiger partial charge in [-0.25, -0.2) is 0 Å². The highest BCUT2D eigenvalue weighted by molar-refractivity contribution is 5.94. The molecule has 3 rings (SSSR count). The lowest BCUT2D eigenvalue weighted by atomic mass is 10.2. The van der Waals surface area contributed by atoms with Crippen molar-refractivity contribution in [1.29, 1.82) is 0 Å². The molecule has 2 aromatic rings. The third-order valence-electron chi connectivity index (χ3n) is 4.16. The van der Waals surface area contributed by atoms with E-state index in [1.807, 2.05) is 6.07 Å². The van der Waals surface area contributed by atoms with Crippen molar-refractivity contribution in [1.82, 2.24) is 15.5 Å². The van der Waals surface area contributed by atoms with E-state index in [4.69, 9.17) is 0 Å². The Morgan fingerprint density at radius 2 is 1.96 bits per heavy atom. The largest absolute Gasteiger partial charge is 0.573 e. The van der Waals surface area contributed by atoms with E-state index in [0.717, 1.165) is 43.8 Å². The van der Waals surface area contributed by atoms with Gasteiger partial charge in [-0.1, -0.05) is 6.07 Å². The highest BCUT2D eigenvalue weighted by atomic mass is 19.4. The maximum absolute atomic E-state index is 12.3. The number of rotatable bonds is 7. The van der Waals surface area contributed by atoms with Crippen LogP contribution in [0.25, 0.3) is 0 Å². The molecule has 10 heteroatoms. The fraction of sp³-hybridized carbons (Fsp3) is 0.389. The van der Waals surface area contributed by atoms with Gasteiger partial charge in [0.2, 0.25) is 0 Å². The molecule has 1 saturated heterocycles. The Hall–Kier alpha value is -3.04. The number of carbonyl (C=O) groups is 1. The number of carbonyl (C=O) groups excluding carboxylic acids is 1. The second-order valence-electron chi connectivity index (χ2n) is 6.25. The van der Waals surface area contributed by atoms with Gasteiger partial charge in [0.15, 0.2) is 5.82 Å². The van der Waals surface area contributed by atoms with Gasteiger partial charge in [0, 0.05) is 37.8 Å². The first kappa shape index (κ1) is 19.7. The number of anilines is 2. The number of halogens is 3. The highest BCUT2D eigenvalue weighted by Gasteiger charge is 2.31. The van der Waals surface area contributed by atoms with Gasteiger partial charge in [0.1, 0.15) is 5.75 Å². The van der Waals surface area contributed by atoms with Gasteiger partial charge in [-0.3, -0.25) is 4.79 Å². The third kappa shape index (κ3) is 5.73. The van der Waals surface area contributed by atoms with Crippen LogP contribution >= 0.6 is 0 Å². The first-order valence-electron chi connectivity index (χ1n) is 8.86. The Kier molecular flexibility index (Phi) is 6.17. The number of ether oxygens (including phenoxy) is 1. The summed E-state index contributed by atoms with van der Waals surface area (Å²) >= 11 is 0. The molecule has 150 valence electrons. The molecular formula is C18H20F3N5O2. The number of aromatic nitrogens is 2. The van der Waals surface area contributed by atoms with Gasteiger partial charge >= 0.3 is 6.36 Å². The molecule has 0 radical (unpaired) electrons. The number of nitrogens with zero attached hydrogens (tertiary/aromatic N) is 3. The summed E-state index contributed by atoms with van der Waals surface area (Å²) in [6.45, 7) is 2.65. The predicted molar refractivity (Wildman–Crippen MR) is 97.4 cm³/mol. The summed E-state index contributed by atoms with van der Waals surface area (Å²) in [4.78, 5) is 14.3. The van der Waals surface area contributed by atoms with E-state index in [-0.39, 0.29) is 12.1 Å². The van der Waals surface area contributed by atoms with Gasteiger partial charge in [-0.05, 0) is 31.0 Å². The zero-order valence-electron chi connectivity index (χ0n) is 15.0. The fourth-order valence-electron chi connectivity index (χ4n) is 2.89. The number of amides is 1. The summed E-state index contributed by atoms with van der Waals surface area (Å²) in [6, 6.07) is 6.82. The van der Waals surface area contributed by atoms with Crippen molar-refractivity contribution in [2.75, 3.05) is 36.4 Å². The average Bonchev–Trinajstić information content (AvgIpc) is 3.19. The molecule has 1 aliphatic heterocycles. The molecule has 7 nitrogen and oxygen atoms in total. The minimum atomic E-state index is -4.80. The van der Waals surface area contributed by atoms with E-state index in [1.54, 1.807) is 6.20 Å². The molecule has 1 aliphatic rings. The molecule has 28 heavy (non-hydrogen) atoms. The summed E-state index contributed by atoms with van der Waals surface area (Å²) in [6.07, 6.45) is -0.767. The van der Waals surface area contributed by atoms with E-state index in [0.29, 0.717) is 12.4 Å². The van der Waals surface area contributed by atoms with Crippen molar-refractivity contribution < 1.29 is 22.7 Å². The molecule has 1 aromatic heterocycles. The summed E-state index contributed by atoms with van der Waals surface area (Å²) < 4.78 is 40.6. The van der Waals surface area contributed by atoms with Gasteiger partial charge in [0.25, 0.3) is 5.91 Å². The summed E-state index contributed by atoms with van der Waals surface area (Å²) in [7, 11) is 0. The molecule has 2 N–H and O–H groups in total. The molecular weight excluding hydrogens is 375 g/mol. The third-order valence-corrected chi connectivity index (χ3v) is 4.16. The number of benzene rings is 1. The van der Waals surface area contributed by atoms with Crippen molar-refractivity contribution in [2.45, 2.75) is 19.2 Å². The predicted octanol–water partition coefficient (Wildman–Crippen LogP) is 2.82. The summed E-state index contributed by atoms with van der Waals surface area (Å²) in [5.74, 6) is -0.335. The Morgan fingerprint density at radius 1 is 1.18 bits per heavy atom. The van der Waals surface area contributed by atoms with Gasteiger partial charge < -0.3 is 20.3 Å². The van der Waals surface area contributed by atoms with Crippen LogP contribution in [0.1, 0.15) is 23.2 Å². The molecule has 0 saturated carbocycles. The lowest BCUT2D eigenvalue weighted by Crippen LogP contribution is -2.29. The number of nitrogens with one attached hydrogen (secondary N) is 2. The minimum absolute atomic E-state index is 0.0811. The fourth-order valence-corrected chi connectivity index (χ4v) is 2.89. The lowest BCUT2D eigenvalue weighted by molar-refractivity contribution is -0.274. The van der Waals surface area contributed by atoms with Crippen molar-refractivity contribution in [3.8, 4) is 5.75 Å². The van der Waals surface area contributed by atoms with Crippen LogP contribution in [0.3, 0.4) is 0 Å². The van der Waals surface area contributed by atoms with E-state index in [2.05, 4.69) is 30.5 Å². The van der Waals surface area contributed by atoms with Gasteiger partial charge in [-0.2, -0.15) is 5.10 Å². The Bertz CT molecular complexity index is 810. The maximum Gasteiger partial charge on any atom is 0.573 e. The Labute approximate surface area is 159 Å². The molecule has 0 bridgehead atoms. The zero-order valence-corrected chi connectivity index (χ0v) is 15.0. The molecule has 0 atom stereocenters. The van der Waals surface area contributed by atoms with E-state index in [1.165, 1.54) is 12.1 Å². The van der Waals surface area contributed by atoms with Crippen LogP contribution in [0.15, 0.2) is 36.5 Å². The molecule has 2 heterocycles. The highest BCUT2D eigenvalue weighted by Crippen LogP contribution is 2.23. The molecule has 0 spiro atoms. The first-order chi connectivity index (χ1) is 13.4. The molecule has 1 fully saturated rings. The van der Waals surface area contributed by atoms with Crippen molar-refractivity contribution in [3.05, 3.63) is 42.1 Å². The monoisotopic (exact) mass is 395 g/mol. The van der Waals surface area contributed by atoms with Crippen LogP contribution in [0.4, 0.5) is 24.7 Å². The number of hydrogen-bond acceptors (Lipinski definition) is 6. The first-order valence-corrected chi connectivity index (χ1v) is 8.86. The minimum Gasteiger partial charge on any atom is -0.406 e. The maximum atomic E-state index is 12.3. The van der Waals surface area contributed by atoms with Crippen LogP contribution < -0.4 is 20.3 Å². The van der Waals surface area contributed by atoms with Crippen molar-refractivity contribution in [2.24, 2.45) is 0 Å². The molecule has 1 aromatic carbocycles. The van der Waals surface area contributed by atoms with Crippen LogP contribution in [0.5, 0.6) is 5.75 Å². The van der Waals surface area contributed by atoms with Crippen molar-refractivity contribution >= 4 is 17.4 Å². The Morgan fingerprint density at radius 3 is 2.71 bits per heavy atom. The average molecular weight is 395 g/mol. The second-order valence-corrected chi connectivity index (χ2v) is 6.25. The standard InChI is InChI=1S/C18H20F3N5O2/c19-18(20,21)28-15-5-3-4-13(10-15)17(27)23-7-6-22-16-11-14(12-24-25-16)26-8-1-2-9-26/h3-5,10-12H,1-2,6-9H2,(H,22,25)(H,23,27). The number of alkyl halides is 3. The quantitative estimate of drug-likeness (QED) is 0.702. The second kappa shape index (κ2) is 8.77. The van der Waals surface area contributed by atoms with Gasteiger partial charge in [0.05, 0.1) is 11.9 Å². The Balaban J connectivity index is 1.47. The normalized spacial score (nSPS) is 14.0.